The molecular weight excluding hydrogens is 392 g/mol. The van der Waals surface area contributed by atoms with Crippen LogP contribution in [0.15, 0.2) is 53.7 Å². The molecule has 5 rings (SSSR count). The highest BCUT2D eigenvalue weighted by Gasteiger charge is 2.55. The zero-order valence-corrected chi connectivity index (χ0v) is 17.4. The van der Waals surface area contributed by atoms with E-state index in [9.17, 15) is 14.4 Å². The van der Waals surface area contributed by atoms with Crippen molar-refractivity contribution in [2.24, 2.45) is 4.99 Å². The molecule has 1 aromatic heterocycles. The third-order valence-corrected chi connectivity index (χ3v) is 6.71. The first kappa shape index (κ1) is 19.7. The number of hydrogen-bond acceptors (Lipinski definition) is 4. The van der Waals surface area contributed by atoms with E-state index in [2.05, 4.69) is 5.32 Å². The van der Waals surface area contributed by atoms with Crippen molar-refractivity contribution in [3.63, 3.8) is 0 Å². The van der Waals surface area contributed by atoms with Gasteiger partial charge in [0.25, 0.3) is 11.8 Å². The fraction of sp³-hybridized carbons (Fsp3) is 0.417. The van der Waals surface area contributed by atoms with E-state index in [0.29, 0.717) is 11.9 Å². The SMILES string of the molecule is O=C1NC2(CCc3ccccc32)C(=O)N1CC(=O)n1ccccc1=NC1CCCCC1. The van der Waals surface area contributed by atoms with Crippen molar-refractivity contribution in [3.05, 3.63) is 65.3 Å². The molecule has 1 spiro atoms. The minimum absolute atomic E-state index is 0.213. The van der Waals surface area contributed by atoms with Gasteiger partial charge in [-0.25, -0.2) is 4.79 Å². The third kappa shape index (κ3) is 3.38. The van der Waals surface area contributed by atoms with Crippen LogP contribution in [0.4, 0.5) is 4.79 Å². The first-order valence-electron chi connectivity index (χ1n) is 11.1. The van der Waals surface area contributed by atoms with Crippen molar-refractivity contribution >= 4 is 17.8 Å². The summed E-state index contributed by atoms with van der Waals surface area (Å²) in [5.41, 5.74) is 1.43. The van der Waals surface area contributed by atoms with Gasteiger partial charge in [-0.05, 0) is 48.9 Å². The summed E-state index contributed by atoms with van der Waals surface area (Å²) >= 11 is 0. The molecule has 2 fully saturated rings. The number of benzene rings is 1. The van der Waals surface area contributed by atoms with Gasteiger partial charge in [-0.2, -0.15) is 0 Å². The molecular formula is C24H26N4O3. The van der Waals surface area contributed by atoms with Gasteiger partial charge in [0.1, 0.15) is 17.6 Å². The van der Waals surface area contributed by atoms with Gasteiger partial charge in [-0.1, -0.05) is 49.6 Å². The largest absolute Gasteiger partial charge is 0.325 e. The van der Waals surface area contributed by atoms with E-state index < -0.39 is 11.6 Å². The number of carbonyl (C=O) groups excluding carboxylic acids is 3. The Balaban J connectivity index is 1.40. The van der Waals surface area contributed by atoms with Crippen LogP contribution in [0.1, 0.15) is 54.4 Å². The zero-order chi connectivity index (χ0) is 21.4. The summed E-state index contributed by atoms with van der Waals surface area (Å²) in [5, 5.41) is 2.87. The summed E-state index contributed by atoms with van der Waals surface area (Å²) < 4.78 is 1.46. The molecule has 2 heterocycles. The van der Waals surface area contributed by atoms with Gasteiger partial charge in [0, 0.05) is 6.20 Å². The zero-order valence-electron chi connectivity index (χ0n) is 17.4. The number of nitrogens with one attached hydrogen (secondary N) is 1. The molecule has 3 aliphatic rings. The molecule has 0 bridgehead atoms. The van der Waals surface area contributed by atoms with Crippen LogP contribution in [0, 0.1) is 0 Å². The topological polar surface area (TPSA) is 83.8 Å². The lowest BCUT2D eigenvalue weighted by atomic mass is 9.92. The third-order valence-electron chi connectivity index (χ3n) is 6.71. The molecule has 31 heavy (non-hydrogen) atoms. The average Bonchev–Trinajstić information content (AvgIpc) is 3.28. The van der Waals surface area contributed by atoms with Crippen molar-refractivity contribution < 1.29 is 14.4 Å². The Morgan fingerprint density at radius 1 is 1.06 bits per heavy atom. The smallest absolute Gasteiger partial charge is 0.319 e. The molecule has 1 N–H and O–H groups in total. The van der Waals surface area contributed by atoms with E-state index >= 15 is 0 Å². The molecule has 160 valence electrons. The van der Waals surface area contributed by atoms with E-state index in [1.807, 2.05) is 36.4 Å². The number of aromatic nitrogens is 1. The van der Waals surface area contributed by atoms with E-state index in [1.54, 1.807) is 12.3 Å². The van der Waals surface area contributed by atoms with Gasteiger partial charge in [0.05, 0.1) is 6.04 Å². The maximum absolute atomic E-state index is 13.3. The first-order chi connectivity index (χ1) is 15.1. The molecule has 3 amide bonds. The molecule has 1 aliphatic heterocycles. The number of urea groups is 1. The van der Waals surface area contributed by atoms with Crippen LogP contribution in [0.3, 0.4) is 0 Å². The first-order valence-corrected chi connectivity index (χ1v) is 11.1. The maximum Gasteiger partial charge on any atom is 0.325 e. The second kappa shape index (κ2) is 7.80. The van der Waals surface area contributed by atoms with Crippen molar-refractivity contribution in [2.45, 2.75) is 56.5 Å². The highest BCUT2D eigenvalue weighted by atomic mass is 16.2. The number of hydrogen-bond donors (Lipinski definition) is 1. The van der Waals surface area contributed by atoms with Gasteiger partial charge in [-0.15, -0.1) is 0 Å². The number of pyridine rings is 1. The van der Waals surface area contributed by atoms with Crippen molar-refractivity contribution in [1.29, 1.82) is 0 Å². The lowest BCUT2D eigenvalue weighted by molar-refractivity contribution is -0.131. The molecule has 1 atom stereocenters. The molecule has 1 saturated heterocycles. The van der Waals surface area contributed by atoms with Crippen LogP contribution in [0.25, 0.3) is 0 Å². The number of rotatable bonds is 3. The molecule has 1 aromatic carbocycles. The summed E-state index contributed by atoms with van der Waals surface area (Å²) in [6, 6.07) is 12.8. The normalized spacial score (nSPS) is 24.0. The fourth-order valence-corrected chi connectivity index (χ4v) is 5.09. The van der Waals surface area contributed by atoms with E-state index in [4.69, 9.17) is 4.99 Å². The molecule has 2 aliphatic carbocycles. The number of nitrogens with zero attached hydrogens (tertiary/aromatic N) is 3. The minimum Gasteiger partial charge on any atom is -0.319 e. The lowest BCUT2D eigenvalue weighted by Crippen LogP contribution is -2.43. The van der Waals surface area contributed by atoms with E-state index in [0.717, 1.165) is 48.1 Å². The van der Waals surface area contributed by atoms with E-state index in [-0.39, 0.29) is 24.4 Å². The summed E-state index contributed by atoms with van der Waals surface area (Å²) in [7, 11) is 0. The Labute approximate surface area is 180 Å². The van der Waals surface area contributed by atoms with Crippen LogP contribution >= 0.6 is 0 Å². The quantitative estimate of drug-likeness (QED) is 0.778. The second-order valence-corrected chi connectivity index (χ2v) is 8.63. The second-order valence-electron chi connectivity index (χ2n) is 8.63. The van der Waals surface area contributed by atoms with Gasteiger partial charge < -0.3 is 5.32 Å². The Kier molecular flexibility index (Phi) is 4.96. The van der Waals surface area contributed by atoms with Gasteiger partial charge >= 0.3 is 6.03 Å². The van der Waals surface area contributed by atoms with E-state index in [1.165, 1.54) is 11.0 Å². The Morgan fingerprint density at radius 2 is 1.84 bits per heavy atom. The Bertz CT molecular complexity index is 1120. The van der Waals surface area contributed by atoms with Gasteiger partial charge in [0.15, 0.2) is 0 Å². The Hall–Kier alpha value is -3.22. The van der Waals surface area contributed by atoms with Crippen molar-refractivity contribution in [2.75, 3.05) is 6.54 Å². The standard InChI is InChI=1S/C24H26N4O3/c29-21(27-15-7-6-12-20(27)25-18-9-2-1-3-10-18)16-28-22(30)24(26-23(28)31)14-13-17-8-4-5-11-19(17)24/h4-8,11-12,15,18H,1-3,9-10,13-14,16H2,(H,26,31). The predicted molar refractivity (Wildman–Crippen MR) is 114 cm³/mol. The summed E-state index contributed by atoms with van der Waals surface area (Å²) in [4.78, 5) is 45.0. The lowest BCUT2D eigenvalue weighted by Gasteiger charge is -2.22. The summed E-state index contributed by atoms with van der Waals surface area (Å²) in [6.45, 7) is -0.309. The molecule has 1 unspecified atom stereocenters. The Morgan fingerprint density at radius 3 is 2.68 bits per heavy atom. The fourth-order valence-electron chi connectivity index (χ4n) is 5.09. The molecule has 0 radical (unpaired) electrons. The predicted octanol–water partition coefficient (Wildman–Crippen LogP) is 2.76. The van der Waals surface area contributed by atoms with Crippen LogP contribution in [0.5, 0.6) is 0 Å². The van der Waals surface area contributed by atoms with Gasteiger partial charge in [0.2, 0.25) is 0 Å². The highest BCUT2D eigenvalue weighted by molar-refractivity contribution is 6.10. The van der Waals surface area contributed by atoms with Crippen molar-refractivity contribution in [1.82, 2.24) is 14.8 Å². The number of imide groups is 1. The molecule has 2 aromatic rings. The number of amides is 3. The van der Waals surface area contributed by atoms with Crippen LogP contribution < -0.4 is 10.8 Å². The molecule has 7 heteroatoms. The van der Waals surface area contributed by atoms with Crippen LogP contribution in [0.2, 0.25) is 0 Å². The maximum atomic E-state index is 13.3. The number of fused-ring (bicyclic) bond motifs is 2. The average molecular weight is 418 g/mol. The summed E-state index contributed by atoms with van der Waals surface area (Å²) in [6.07, 6.45) is 8.49. The monoisotopic (exact) mass is 418 g/mol. The van der Waals surface area contributed by atoms with Gasteiger partial charge in [-0.3, -0.25) is 24.0 Å². The molecule has 1 saturated carbocycles. The number of aryl methyl sites for hydroxylation is 1. The van der Waals surface area contributed by atoms with Crippen molar-refractivity contribution in [3.8, 4) is 0 Å². The van der Waals surface area contributed by atoms with Crippen LogP contribution in [-0.2, 0) is 16.8 Å². The molecule has 7 nitrogen and oxygen atoms in total. The minimum atomic E-state index is -1.05. The highest BCUT2D eigenvalue weighted by Crippen LogP contribution is 2.41. The summed E-state index contributed by atoms with van der Waals surface area (Å²) in [5.74, 6) is -0.694. The number of carbonyl (C=O) groups is 3. The van der Waals surface area contributed by atoms with Crippen LogP contribution in [-0.4, -0.2) is 39.9 Å².